The molecule has 0 aliphatic carbocycles. The van der Waals surface area contributed by atoms with E-state index in [0.29, 0.717) is 5.69 Å². The smallest absolute Gasteiger partial charge is 0.258 e. The van der Waals surface area contributed by atoms with Gasteiger partial charge in [0.05, 0.1) is 27.0 Å². The molecule has 3 aromatic rings. The van der Waals surface area contributed by atoms with Crippen molar-refractivity contribution in [2.24, 2.45) is 0 Å². The van der Waals surface area contributed by atoms with Gasteiger partial charge in [-0.05, 0) is 12.1 Å². The summed E-state index contributed by atoms with van der Waals surface area (Å²) in [6.45, 7) is 0. The third kappa shape index (κ3) is 2.18. The summed E-state index contributed by atoms with van der Waals surface area (Å²) in [7, 11) is 0. The quantitative estimate of drug-likeness (QED) is 0.543. The van der Waals surface area contributed by atoms with Crippen molar-refractivity contribution in [1.29, 1.82) is 0 Å². The van der Waals surface area contributed by atoms with Crippen LogP contribution < -0.4 is 0 Å². The van der Waals surface area contributed by atoms with E-state index in [-0.39, 0.29) is 22.3 Å². The molecule has 0 saturated heterocycles. The molecule has 0 N–H and O–H groups in total. The fourth-order valence-electron chi connectivity index (χ4n) is 2.06. The van der Waals surface area contributed by atoms with Crippen molar-refractivity contribution in [3.8, 4) is 5.69 Å². The van der Waals surface area contributed by atoms with Crippen LogP contribution in [0.25, 0.3) is 16.6 Å². The van der Waals surface area contributed by atoms with Crippen LogP contribution >= 0.6 is 0 Å². The van der Waals surface area contributed by atoms with E-state index in [2.05, 4.69) is 5.10 Å². The number of nitrogens with zero attached hydrogens (tertiary/aromatic N) is 4. The molecule has 21 heavy (non-hydrogen) atoms. The van der Waals surface area contributed by atoms with Crippen LogP contribution in [-0.2, 0) is 0 Å². The highest BCUT2D eigenvalue weighted by atomic mass is 16.6. The number of hydrogen-bond donors (Lipinski definition) is 0. The number of non-ortho nitro benzene ring substituents is 2. The molecular formula is C13H8N4O4. The number of hydrogen-bond acceptors (Lipinski definition) is 5. The van der Waals surface area contributed by atoms with Gasteiger partial charge in [-0.3, -0.25) is 20.2 Å². The summed E-state index contributed by atoms with van der Waals surface area (Å²) in [6.07, 6.45) is 1.49. The molecule has 0 atom stereocenters. The van der Waals surface area contributed by atoms with Crippen molar-refractivity contribution in [3.63, 3.8) is 0 Å². The maximum Gasteiger partial charge on any atom is 0.287 e. The summed E-state index contributed by atoms with van der Waals surface area (Å²) in [5, 5.41) is 26.4. The van der Waals surface area contributed by atoms with E-state index in [1.54, 1.807) is 24.3 Å². The van der Waals surface area contributed by atoms with Gasteiger partial charge in [0, 0.05) is 12.3 Å². The summed E-state index contributed by atoms with van der Waals surface area (Å²) in [5.41, 5.74) is 0.235. The van der Waals surface area contributed by atoms with Gasteiger partial charge in [0.2, 0.25) is 0 Å². The van der Waals surface area contributed by atoms with Gasteiger partial charge >= 0.3 is 0 Å². The highest BCUT2D eigenvalue weighted by Crippen LogP contribution is 2.30. The lowest BCUT2D eigenvalue weighted by Crippen LogP contribution is -1.93. The third-order valence-corrected chi connectivity index (χ3v) is 3.02. The Morgan fingerprint density at radius 2 is 1.71 bits per heavy atom. The molecule has 0 spiro atoms. The molecule has 0 saturated carbocycles. The Bertz CT molecular complexity index is 857. The Hall–Kier alpha value is -3.29. The normalized spacial score (nSPS) is 10.7. The molecule has 8 heteroatoms. The molecule has 1 aromatic heterocycles. The number of nitro benzene ring substituents is 2. The van der Waals surface area contributed by atoms with Gasteiger partial charge in [-0.25, -0.2) is 4.68 Å². The average Bonchev–Trinajstić information content (AvgIpc) is 2.90. The second-order valence-electron chi connectivity index (χ2n) is 4.32. The minimum Gasteiger partial charge on any atom is -0.258 e. The molecule has 0 bridgehead atoms. The average molecular weight is 284 g/mol. The van der Waals surface area contributed by atoms with Crippen LogP contribution in [0, 0.1) is 20.2 Å². The zero-order chi connectivity index (χ0) is 15.0. The summed E-state index contributed by atoms with van der Waals surface area (Å²) in [4.78, 5) is 20.6. The lowest BCUT2D eigenvalue weighted by atomic mass is 10.2. The van der Waals surface area contributed by atoms with Gasteiger partial charge in [0.1, 0.15) is 5.52 Å². The first-order valence-electron chi connectivity index (χ1n) is 5.94. The van der Waals surface area contributed by atoms with E-state index in [1.807, 2.05) is 6.07 Å². The second-order valence-corrected chi connectivity index (χ2v) is 4.32. The van der Waals surface area contributed by atoms with Crippen molar-refractivity contribution in [2.45, 2.75) is 0 Å². The van der Waals surface area contributed by atoms with Gasteiger partial charge in [0.25, 0.3) is 11.4 Å². The van der Waals surface area contributed by atoms with Crippen molar-refractivity contribution < 1.29 is 9.85 Å². The largest absolute Gasteiger partial charge is 0.287 e. The van der Waals surface area contributed by atoms with Crippen molar-refractivity contribution in [1.82, 2.24) is 9.78 Å². The third-order valence-electron chi connectivity index (χ3n) is 3.02. The molecule has 0 fully saturated rings. The van der Waals surface area contributed by atoms with Gasteiger partial charge in [0.15, 0.2) is 0 Å². The number of benzene rings is 2. The van der Waals surface area contributed by atoms with Crippen molar-refractivity contribution >= 4 is 22.3 Å². The highest BCUT2D eigenvalue weighted by Gasteiger charge is 2.21. The number of rotatable bonds is 3. The monoisotopic (exact) mass is 284 g/mol. The van der Waals surface area contributed by atoms with Crippen LogP contribution in [0.3, 0.4) is 0 Å². The lowest BCUT2D eigenvalue weighted by Gasteiger charge is -1.98. The zero-order valence-electron chi connectivity index (χ0n) is 10.5. The molecular weight excluding hydrogens is 276 g/mol. The number of fused-ring (bicyclic) bond motifs is 1. The van der Waals surface area contributed by atoms with Crippen LogP contribution in [0.1, 0.15) is 0 Å². The zero-order valence-corrected chi connectivity index (χ0v) is 10.5. The van der Waals surface area contributed by atoms with Crippen LogP contribution in [0.15, 0.2) is 48.7 Å². The van der Waals surface area contributed by atoms with Gasteiger partial charge < -0.3 is 0 Å². The van der Waals surface area contributed by atoms with Crippen LogP contribution in [-0.4, -0.2) is 19.6 Å². The predicted octanol–water partition coefficient (Wildman–Crippen LogP) is 2.84. The Balaban J connectivity index is 2.27. The second kappa shape index (κ2) is 4.67. The molecule has 1 heterocycles. The SMILES string of the molecule is O=[N+]([O-])c1cc([N+](=O)[O-])c2cn(-c3ccccc3)nc2c1. The summed E-state index contributed by atoms with van der Waals surface area (Å²) in [6, 6.07) is 11.2. The number of nitro groups is 2. The Labute approximate surface area is 117 Å². The highest BCUT2D eigenvalue weighted by molar-refractivity contribution is 5.90. The van der Waals surface area contributed by atoms with Gasteiger partial charge in [-0.2, -0.15) is 5.10 Å². The summed E-state index contributed by atoms with van der Waals surface area (Å²) >= 11 is 0. The molecule has 0 aliphatic heterocycles. The van der Waals surface area contributed by atoms with Crippen LogP contribution in [0.2, 0.25) is 0 Å². The van der Waals surface area contributed by atoms with E-state index >= 15 is 0 Å². The molecule has 0 amide bonds. The molecule has 2 aromatic carbocycles. The first-order valence-corrected chi connectivity index (χ1v) is 5.94. The maximum atomic E-state index is 11.1. The topological polar surface area (TPSA) is 104 Å². The van der Waals surface area contributed by atoms with E-state index in [4.69, 9.17) is 0 Å². The minimum atomic E-state index is -0.673. The number of aromatic nitrogens is 2. The summed E-state index contributed by atoms with van der Waals surface area (Å²) in [5.74, 6) is 0. The fraction of sp³-hybridized carbons (Fsp3) is 0. The molecule has 0 radical (unpaired) electrons. The van der Waals surface area contributed by atoms with Gasteiger partial charge in [-0.15, -0.1) is 0 Å². The van der Waals surface area contributed by atoms with Gasteiger partial charge in [-0.1, -0.05) is 18.2 Å². The first kappa shape index (κ1) is 12.7. The van der Waals surface area contributed by atoms with Crippen LogP contribution in [0.5, 0.6) is 0 Å². The molecule has 3 rings (SSSR count). The molecule has 0 unspecified atom stereocenters. The van der Waals surface area contributed by atoms with Crippen molar-refractivity contribution in [3.05, 3.63) is 68.9 Å². The van der Waals surface area contributed by atoms with E-state index < -0.39 is 9.85 Å². The molecule has 104 valence electrons. The minimum absolute atomic E-state index is 0.208. The Morgan fingerprint density at radius 3 is 2.33 bits per heavy atom. The standard InChI is InChI=1S/C13H8N4O4/c18-16(19)10-6-12-11(13(7-10)17(20)21)8-15(14-12)9-4-2-1-3-5-9/h1-8H. The summed E-state index contributed by atoms with van der Waals surface area (Å²) < 4.78 is 1.46. The van der Waals surface area contributed by atoms with E-state index in [0.717, 1.165) is 6.07 Å². The van der Waals surface area contributed by atoms with E-state index in [1.165, 1.54) is 16.9 Å². The Morgan fingerprint density at radius 1 is 1.00 bits per heavy atom. The first-order chi connectivity index (χ1) is 10.1. The lowest BCUT2D eigenvalue weighted by molar-refractivity contribution is -0.393. The predicted molar refractivity (Wildman–Crippen MR) is 74.4 cm³/mol. The molecule has 0 aliphatic rings. The Kier molecular flexibility index (Phi) is 2.83. The molecule has 8 nitrogen and oxygen atoms in total. The number of para-hydroxylation sites is 1. The van der Waals surface area contributed by atoms with E-state index in [9.17, 15) is 20.2 Å². The van der Waals surface area contributed by atoms with Crippen LogP contribution in [0.4, 0.5) is 11.4 Å². The maximum absolute atomic E-state index is 11.1. The fourth-order valence-corrected chi connectivity index (χ4v) is 2.06. The van der Waals surface area contributed by atoms with Crippen molar-refractivity contribution in [2.75, 3.05) is 0 Å².